The topological polar surface area (TPSA) is 46.2 Å². The van der Waals surface area contributed by atoms with Crippen LogP contribution in [-0.4, -0.2) is 14.7 Å². The molecule has 1 N–H and O–H groups in total. The van der Waals surface area contributed by atoms with Gasteiger partial charge in [-0.15, -0.1) is 0 Å². The van der Waals surface area contributed by atoms with Gasteiger partial charge < -0.3 is 5.32 Å². The van der Waals surface area contributed by atoms with Crippen LogP contribution < -0.4 is 5.32 Å². The molecule has 0 spiro atoms. The molecule has 20 heavy (non-hydrogen) atoms. The number of sulfone groups is 1. The zero-order valence-corrected chi connectivity index (χ0v) is 13.6. The summed E-state index contributed by atoms with van der Waals surface area (Å²) in [7, 11) is -3.28. The summed E-state index contributed by atoms with van der Waals surface area (Å²) in [5.41, 5.74) is 1.81. The molecule has 6 heteroatoms. The Hall–Kier alpha value is -0.880. The lowest BCUT2D eigenvalue weighted by Gasteiger charge is -2.15. The molecule has 0 saturated heterocycles. The quantitative estimate of drug-likeness (QED) is 0.910. The average Bonchev–Trinajstić information content (AvgIpc) is 2.89. The van der Waals surface area contributed by atoms with E-state index in [0.29, 0.717) is 17.1 Å². The molecule has 1 unspecified atom stereocenters. The van der Waals surface area contributed by atoms with Crippen LogP contribution in [0.3, 0.4) is 0 Å². The highest BCUT2D eigenvalue weighted by Crippen LogP contribution is 2.25. The fourth-order valence-corrected chi connectivity index (χ4v) is 3.96. The van der Waals surface area contributed by atoms with Crippen molar-refractivity contribution in [3.8, 4) is 0 Å². The molecular weight excluding hydrogens is 314 g/mol. The van der Waals surface area contributed by atoms with Crippen LogP contribution in [-0.2, 0) is 16.4 Å². The molecule has 1 aromatic carbocycles. The predicted octanol–water partition coefficient (Wildman–Crippen LogP) is 3.66. The Balaban J connectivity index is 2.22. The first-order valence-corrected chi connectivity index (χ1v) is 9.33. The molecule has 0 amide bonds. The van der Waals surface area contributed by atoms with Gasteiger partial charge in [-0.05, 0) is 41.4 Å². The molecule has 2 rings (SSSR count). The third-order valence-corrected chi connectivity index (χ3v) is 5.34. The predicted molar refractivity (Wildman–Crippen MR) is 84.1 cm³/mol. The van der Waals surface area contributed by atoms with Crippen LogP contribution in [0.1, 0.15) is 24.1 Å². The summed E-state index contributed by atoms with van der Waals surface area (Å²) in [4.78, 5) is 0.287. The molecule has 108 valence electrons. The van der Waals surface area contributed by atoms with E-state index >= 15 is 0 Å². The molecule has 1 aromatic heterocycles. The summed E-state index contributed by atoms with van der Waals surface area (Å²) in [6, 6.07) is 7.15. The summed E-state index contributed by atoms with van der Waals surface area (Å²) < 4.78 is 23.6. The molecule has 0 aliphatic heterocycles. The smallest absolute Gasteiger partial charge is 0.175 e. The van der Waals surface area contributed by atoms with Crippen molar-refractivity contribution in [1.82, 2.24) is 5.32 Å². The van der Waals surface area contributed by atoms with Gasteiger partial charge in [0.1, 0.15) is 0 Å². The Morgan fingerprint density at radius 3 is 2.70 bits per heavy atom. The first kappa shape index (κ1) is 15.5. The van der Waals surface area contributed by atoms with Crippen LogP contribution in [0.15, 0.2) is 39.9 Å². The highest BCUT2D eigenvalue weighted by Gasteiger charge is 2.16. The molecule has 2 aromatic rings. The van der Waals surface area contributed by atoms with E-state index in [2.05, 4.69) is 10.7 Å². The second kappa shape index (κ2) is 6.26. The number of hydrogen-bond acceptors (Lipinski definition) is 4. The lowest BCUT2D eigenvalue weighted by molar-refractivity contribution is 0.567. The van der Waals surface area contributed by atoms with Gasteiger partial charge >= 0.3 is 0 Å². The van der Waals surface area contributed by atoms with Crippen LogP contribution in [0.2, 0.25) is 5.02 Å². The van der Waals surface area contributed by atoms with Gasteiger partial charge in [0.25, 0.3) is 0 Å². The van der Waals surface area contributed by atoms with Gasteiger partial charge in [-0.3, -0.25) is 0 Å². The van der Waals surface area contributed by atoms with Crippen LogP contribution >= 0.6 is 22.9 Å². The lowest BCUT2D eigenvalue weighted by atomic mass is 10.1. The second-order valence-corrected chi connectivity index (χ2v) is 7.82. The van der Waals surface area contributed by atoms with Crippen LogP contribution in [0.5, 0.6) is 0 Å². The van der Waals surface area contributed by atoms with E-state index in [-0.39, 0.29) is 10.9 Å². The second-order valence-electron chi connectivity index (χ2n) is 4.65. The Kier molecular flexibility index (Phi) is 4.86. The SMILES string of the molecule is CC(NCc1c(Cl)cccc1S(C)(=O)=O)c1ccsc1. The Bertz CT molecular complexity index is 681. The highest BCUT2D eigenvalue weighted by atomic mass is 35.5. The van der Waals surface area contributed by atoms with Crippen LogP contribution in [0.25, 0.3) is 0 Å². The van der Waals surface area contributed by atoms with Crippen molar-refractivity contribution in [1.29, 1.82) is 0 Å². The maximum absolute atomic E-state index is 11.8. The third-order valence-electron chi connectivity index (χ3n) is 3.10. The maximum Gasteiger partial charge on any atom is 0.175 e. The Morgan fingerprint density at radius 2 is 2.10 bits per heavy atom. The lowest BCUT2D eigenvalue weighted by Crippen LogP contribution is -2.19. The van der Waals surface area contributed by atoms with Crippen molar-refractivity contribution >= 4 is 32.8 Å². The highest BCUT2D eigenvalue weighted by molar-refractivity contribution is 7.90. The zero-order valence-electron chi connectivity index (χ0n) is 11.3. The first-order chi connectivity index (χ1) is 9.39. The largest absolute Gasteiger partial charge is 0.306 e. The minimum absolute atomic E-state index is 0.143. The molecule has 3 nitrogen and oxygen atoms in total. The van der Waals surface area contributed by atoms with Crippen molar-refractivity contribution in [2.45, 2.75) is 24.4 Å². The number of nitrogens with one attached hydrogen (secondary N) is 1. The maximum atomic E-state index is 11.8. The monoisotopic (exact) mass is 329 g/mol. The fraction of sp³-hybridized carbons (Fsp3) is 0.286. The minimum atomic E-state index is -3.28. The molecule has 0 bridgehead atoms. The molecule has 0 aliphatic rings. The van der Waals surface area contributed by atoms with Crippen molar-refractivity contribution in [3.63, 3.8) is 0 Å². The van der Waals surface area contributed by atoms with E-state index in [9.17, 15) is 8.42 Å². The van der Waals surface area contributed by atoms with Crippen LogP contribution in [0, 0.1) is 0 Å². The van der Waals surface area contributed by atoms with E-state index in [1.165, 1.54) is 11.8 Å². The van der Waals surface area contributed by atoms with Gasteiger partial charge in [0.05, 0.1) is 4.90 Å². The van der Waals surface area contributed by atoms with E-state index in [0.717, 1.165) is 0 Å². The first-order valence-electron chi connectivity index (χ1n) is 6.12. The van der Waals surface area contributed by atoms with Gasteiger partial charge in [0.2, 0.25) is 0 Å². The molecule has 1 atom stereocenters. The van der Waals surface area contributed by atoms with Gasteiger partial charge in [-0.25, -0.2) is 8.42 Å². The normalized spacial score (nSPS) is 13.3. The summed E-state index contributed by atoms with van der Waals surface area (Å²) in [6.07, 6.45) is 1.20. The molecule has 0 saturated carbocycles. The summed E-state index contributed by atoms with van der Waals surface area (Å²) >= 11 is 7.78. The van der Waals surface area contributed by atoms with Gasteiger partial charge in [0, 0.05) is 29.4 Å². The molecule has 0 fully saturated rings. The van der Waals surface area contributed by atoms with Crippen molar-refractivity contribution < 1.29 is 8.42 Å². The molecule has 0 radical (unpaired) electrons. The summed E-state index contributed by atoms with van der Waals surface area (Å²) in [5.74, 6) is 0. The van der Waals surface area contributed by atoms with Crippen molar-refractivity contribution in [2.75, 3.05) is 6.26 Å². The van der Waals surface area contributed by atoms with Crippen LogP contribution in [0.4, 0.5) is 0 Å². The van der Waals surface area contributed by atoms with Crippen molar-refractivity contribution in [2.24, 2.45) is 0 Å². The zero-order chi connectivity index (χ0) is 14.8. The Morgan fingerprint density at radius 1 is 1.35 bits per heavy atom. The molecular formula is C14H16ClNO2S2. The van der Waals surface area contributed by atoms with E-state index < -0.39 is 9.84 Å². The third kappa shape index (κ3) is 3.61. The van der Waals surface area contributed by atoms with Gasteiger partial charge in [-0.2, -0.15) is 11.3 Å². The standard InChI is InChI=1S/C14H16ClNO2S2/c1-10(11-6-7-19-9-11)16-8-12-13(15)4-3-5-14(12)20(2,17)18/h3-7,9-10,16H,8H2,1-2H3. The van der Waals surface area contributed by atoms with Crippen molar-refractivity contribution in [3.05, 3.63) is 51.2 Å². The van der Waals surface area contributed by atoms with Gasteiger partial charge in [0.15, 0.2) is 9.84 Å². The van der Waals surface area contributed by atoms with E-state index in [1.807, 2.05) is 18.4 Å². The average molecular weight is 330 g/mol. The fourth-order valence-electron chi connectivity index (χ4n) is 1.95. The molecule has 1 heterocycles. The number of thiophene rings is 1. The summed E-state index contributed by atoms with van der Waals surface area (Å²) in [5, 5.41) is 7.87. The van der Waals surface area contributed by atoms with E-state index in [1.54, 1.807) is 29.5 Å². The Labute approximate surface area is 128 Å². The van der Waals surface area contributed by atoms with E-state index in [4.69, 9.17) is 11.6 Å². The minimum Gasteiger partial charge on any atom is -0.306 e. The number of halogens is 1. The number of benzene rings is 1. The molecule has 0 aliphatic carbocycles. The van der Waals surface area contributed by atoms with Gasteiger partial charge in [-0.1, -0.05) is 17.7 Å². The summed E-state index contributed by atoms with van der Waals surface area (Å²) in [6.45, 7) is 2.46. The number of hydrogen-bond donors (Lipinski definition) is 1. The number of rotatable bonds is 5.